The number of H-pyrrole nitrogens is 1. The smallest absolute Gasteiger partial charge is 0.293 e. The molecule has 2 saturated carbocycles. The number of fused-ring (bicyclic) bond motifs is 3. The number of carbonyl (C=O) groups excluding carboxylic acids is 1. The molecule has 0 unspecified atom stereocenters. The highest BCUT2D eigenvalue weighted by atomic mass is 32.2. The molecule has 1 amide bonds. The van der Waals surface area contributed by atoms with Gasteiger partial charge in [0, 0.05) is 68.2 Å². The van der Waals surface area contributed by atoms with Crippen molar-refractivity contribution in [1.29, 1.82) is 0 Å². The van der Waals surface area contributed by atoms with Crippen LogP contribution in [0.25, 0.3) is 11.0 Å². The summed E-state index contributed by atoms with van der Waals surface area (Å²) in [6.45, 7) is 9.39. The van der Waals surface area contributed by atoms with Gasteiger partial charge < -0.3 is 39.8 Å². The van der Waals surface area contributed by atoms with E-state index in [9.17, 15) is 33.5 Å². The maximum Gasteiger partial charge on any atom is 0.293 e. The number of nitro groups is 1. The molecule has 6 aliphatic rings. The van der Waals surface area contributed by atoms with Crippen molar-refractivity contribution in [2.45, 2.75) is 132 Å². The number of piperidine rings is 2. The number of β-amino-alcohol motifs (C(OH)–C–C–N with tert-alkyl or cyclic N) is 1. The number of benzene rings is 3. The Morgan fingerprint density at radius 1 is 0.931 bits per heavy atom. The van der Waals surface area contributed by atoms with E-state index in [1.54, 1.807) is 12.3 Å². The average Bonchev–Trinajstić information content (AvgIpc) is 3.81. The highest BCUT2D eigenvalue weighted by Crippen LogP contribution is 2.55. The van der Waals surface area contributed by atoms with E-state index < -0.39 is 48.7 Å². The summed E-state index contributed by atoms with van der Waals surface area (Å²) in [5.41, 5.74) is 3.88. The fourth-order valence-corrected chi connectivity index (χ4v) is 13.7. The van der Waals surface area contributed by atoms with Gasteiger partial charge in [0.25, 0.3) is 21.6 Å². The standard InChI is InChI=1S/C54H66N8O9S/c1-34-6-4-5-7-40(34)43-14-19-53(3,65)33-60(43)38-29-54(30-38)20-23-59(24-21-54)37-8-10-41(45(27-37)61-44-16-25-70-32-48(44)71-51-47(61)26-36-15-22-55-49(36)57-51)50(63)58-72(68,69)39-9-11-42(46(28-39)62(66)67)56-31-35-12-17-52(2,64)18-13-35/h4-11,15,22,26-28,35,38,43-44,48,56,64-65H,12-14,16-21,23-25,29-33H2,1-3H3,(H,55,57)(H,58,63)/t35?,43-,44+,48+,52?,53-/m1/s1. The van der Waals surface area contributed by atoms with E-state index in [1.165, 1.54) is 23.3 Å². The van der Waals surface area contributed by atoms with Gasteiger partial charge in [0.2, 0.25) is 5.88 Å². The number of ether oxygens (including phenoxy) is 2. The van der Waals surface area contributed by atoms with Crippen LogP contribution in [0.5, 0.6) is 5.88 Å². The first kappa shape index (κ1) is 48.5. The van der Waals surface area contributed by atoms with E-state index >= 15 is 0 Å². The monoisotopic (exact) mass is 1000 g/mol. The summed E-state index contributed by atoms with van der Waals surface area (Å²) in [6.07, 6.45) is 10.5. The Balaban J connectivity index is 0.870. The fourth-order valence-electron chi connectivity index (χ4n) is 12.7. The first-order valence-corrected chi connectivity index (χ1v) is 27.2. The van der Waals surface area contributed by atoms with Crippen molar-refractivity contribution >= 4 is 55.4 Å². The van der Waals surface area contributed by atoms with Crippen molar-refractivity contribution in [3.05, 3.63) is 106 Å². The van der Waals surface area contributed by atoms with E-state index in [2.05, 4.69) is 60.9 Å². The van der Waals surface area contributed by atoms with Crippen LogP contribution in [0.15, 0.2) is 83.9 Å². The van der Waals surface area contributed by atoms with E-state index in [1.807, 2.05) is 38.1 Å². The summed E-state index contributed by atoms with van der Waals surface area (Å²) in [6, 6.07) is 22.1. The Morgan fingerprint density at radius 3 is 2.46 bits per heavy atom. The molecule has 17 nitrogen and oxygen atoms in total. The summed E-state index contributed by atoms with van der Waals surface area (Å²) in [5, 5.41) is 38.0. The zero-order chi connectivity index (χ0) is 50.2. The number of anilines is 4. The quantitative estimate of drug-likeness (QED) is 0.0622. The molecule has 18 heteroatoms. The Hall–Kier alpha value is -5.79. The molecule has 4 aliphatic heterocycles. The molecule has 2 aromatic heterocycles. The number of carbonyl (C=O) groups is 1. The summed E-state index contributed by atoms with van der Waals surface area (Å²) in [7, 11) is -4.63. The van der Waals surface area contributed by atoms with Gasteiger partial charge in [0.15, 0.2) is 0 Å². The second-order valence-corrected chi connectivity index (χ2v) is 23.9. The molecule has 3 aromatic carbocycles. The summed E-state index contributed by atoms with van der Waals surface area (Å²) in [4.78, 5) is 41.0. The second kappa shape index (κ2) is 18.6. The number of aryl methyl sites for hydroxylation is 1. The molecule has 1 spiro atoms. The zero-order valence-electron chi connectivity index (χ0n) is 41.3. The molecule has 5 fully saturated rings. The van der Waals surface area contributed by atoms with Crippen molar-refractivity contribution < 1.29 is 37.8 Å². The number of aromatic nitrogens is 2. The van der Waals surface area contributed by atoms with Crippen molar-refractivity contribution in [2.24, 2.45) is 11.3 Å². The van der Waals surface area contributed by atoms with Gasteiger partial charge >= 0.3 is 0 Å². The predicted octanol–water partition coefficient (Wildman–Crippen LogP) is 8.28. The Kier molecular flexibility index (Phi) is 12.5. The molecule has 5 N–H and O–H groups in total. The van der Waals surface area contributed by atoms with E-state index in [4.69, 9.17) is 14.5 Å². The minimum Gasteiger partial charge on any atom is -0.468 e. The van der Waals surface area contributed by atoms with Crippen LogP contribution >= 0.6 is 0 Å². The average molecular weight is 1000 g/mol. The van der Waals surface area contributed by atoms with Gasteiger partial charge in [-0.1, -0.05) is 24.3 Å². The number of rotatable bonds is 11. The van der Waals surface area contributed by atoms with Crippen LogP contribution in [-0.2, 0) is 14.8 Å². The minimum atomic E-state index is -4.63. The summed E-state index contributed by atoms with van der Waals surface area (Å²) in [5.74, 6) is -0.338. The zero-order valence-corrected chi connectivity index (χ0v) is 42.1. The summed E-state index contributed by atoms with van der Waals surface area (Å²) >= 11 is 0. The largest absolute Gasteiger partial charge is 0.468 e. The highest BCUT2D eigenvalue weighted by Gasteiger charge is 2.51. The van der Waals surface area contributed by atoms with Crippen molar-refractivity contribution in [3.63, 3.8) is 0 Å². The number of hydrogen-bond acceptors (Lipinski definition) is 14. The maximum atomic E-state index is 14.7. The van der Waals surface area contributed by atoms with Crippen molar-refractivity contribution in [1.82, 2.24) is 19.6 Å². The van der Waals surface area contributed by atoms with Gasteiger partial charge in [-0.05, 0) is 156 Å². The topological polar surface area (TPSA) is 216 Å². The lowest BCUT2D eigenvalue weighted by Gasteiger charge is -2.59. The van der Waals surface area contributed by atoms with Gasteiger partial charge in [0.05, 0.1) is 44.9 Å². The predicted molar refractivity (Wildman–Crippen MR) is 275 cm³/mol. The number of nitrogens with zero attached hydrogens (tertiary/aromatic N) is 5. The van der Waals surface area contributed by atoms with Gasteiger partial charge in [-0.2, -0.15) is 4.98 Å². The fraction of sp³-hybridized carbons (Fsp3) is 0.519. The summed E-state index contributed by atoms with van der Waals surface area (Å²) < 4.78 is 43.0. The molecule has 11 rings (SSSR count). The molecule has 4 atom stereocenters. The number of nitro benzene ring substituents is 1. The van der Waals surface area contributed by atoms with Crippen molar-refractivity contribution in [3.8, 4) is 5.88 Å². The number of likely N-dealkylation sites (tertiary alicyclic amines) is 1. The van der Waals surface area contributed by atoms with Crippen LogP contribution in [0.4, 0.5) is 28.4 Å². The molecule has 382 valence electrons. The van der Waals surface area contributed by atoms with Gasteiger partial charge in [0.1, 0.15) is 23.1 Å². The lowest BCUT2D eigenvalue weighted by atomic mass is 9.59. The number of pyridine rings is 1. The van der Waals surface area contributed by atoms with Crippen LogP contribution in [0.1, 0.15) is 112 Å². The number of nitrogens with one attached hydrogen (secondary N) is 3. The normalized spacial score (nSPS) is 27.6. The third-order valence-corrected chi connectivity index (χ3v) is 18.3. The second-order valence-electron chi connectivity index (χ2n) is 22.2. The molecular formula is C54H66N8O9S. The molecule has 0 radical (unpaired) electrons. The van der Waals surface area contributed by atoms with Gasteiger partial charge in [-0.3, -0.25) is 19.8 Å². The molecule has 72 heavy (non-hydrogen) atoms. The van der Waals surface area contributed by atoms with Crippen LogP contribution in [0, 0.1) is 28.4 Å². The van der Waals surface area contributed by atoms with Crippen LogP contribution < -0.4 is 24.6 Å². The van der Waals surface area contributed by atoms with Crippen LogP contribution in [0.2, 0.25) is 0 Å². The molecule has 0 bridgehead atoms. The number of sulfonamides is 1. The maximum absolute atomic E-state index is 14.7. The minimum absolute atomic E-state index is 0.102. The van der Waals surface area contributed by atoms with Crippen LogP contribution in [-0.4, -0.2) is 113 Å². The molecule has 5 aromatic rings. The molecule has 6 heterocycles. The van der Waals surface area contributed by atoms with Gasteiger partial charge in [-0.25, -0.2) is 13.1 Å². The lowest BCUT2D eigenvalue weighted by Crippen LogP contribution is -2.60. The Morgan fingerprint density at radius 2 is 1.69 bits per heavy atom. The number of aromatic amines is 1. The molecular weight excluding hydrogens is 937 g/mol. The highest BCUT2D eigenvalue weighted by molar-refractivity contribution is 7.90. The van der Waals surface area contributed by atoms with Gasteiger partial charge in [-0.15, -0.1) is 0 Å². The first-order chi connectivity index (χ1) is 34.4. The number of amides is 1. The first-order valence-electron chi connectivity index (χ1n) is 25.7. The Bertz CT molecular complexity index is 2990. The number of hydrogen-bond donors (Lipinski definition) is 5. The third-order valence-electron chi connectivity index (χ3n) is 17.0. The lowest BCUT2D eigenvalue weighted by molar-refractivity contribution is -0.384. The number of aliphatic hydroxyl groups is 2. The third kappa shape index (κ3) is 9.40. The molecule has 2 aliphatic carbocycles. The molecule has 3 saturated heterocycles. The SMILES string of the molecule is Cc1ccccc1[C@H]1CC[C@@](C)(O)CN1C1CC2(CCN(c3ccc(C(=O)NS(=O)(=O)c4ccc(NCC5CCC(C)(O)CC5)c([N+](=O)[O-])c4)c(N4c5cc6cc[nH]c6nc5O[C@H]5COCC[C@@H]54)c3)CC2)C1. The van der Waals surface area contributed by atoms with Crippen LogP contribution in [0.3, 0.4) is 0 Å². The van der Waals surface area contributed by atoms with E-state index in [0.29, 0.717) is 74.5 Å². The van der Waals surface area contributed by atoms with Crippen molar-refractivity contribution in [2.75, 3.05) is 54.5 Å². The Labute approximate surface area is 420 Å². The van der Waals surface area contributed by atoms with E-state index in [-0.39, 0.29) is 34.7 Å². The van der Waals surface area contributed by atoms with E-state index in [0.717, 1.165) is 81.6 Å².